The van der Waals surface area contributed by atoms with Crippen LogP contribution in [-0.4, -0.2) is 5.11 Å². The van der Waals surface area contributed by atoms with Gasteiger partial charge in [-0.05, 0) is 67.2 Å². The molecule has 0 radical (unpaired) electrons. The number of benzene rings is 1. The molecule has 1 rings (SSSR count). The van der Waals surface area contributed by atoms with Crippen molar-refractivity contribution in [2.45, 2.75) is 47.1 Å². The fourth-order valence-corrected chi connectivity index (χ4v) is 2.17. The zero-order chi connectivity index (χ0) is 16.0. The van der Waals surface area contributed by atoms with Gasteiger partial charge in [0.05, 0.1) is 0 Å². The molecule has 0 unspecified atom stereocenters. The average molecular weight is 286 g/mol. The van der Waals surface area contributed by atoms with Crippen molar-refractivity contribution in [1.82, 2.24) is 0 Å². The minimum absolute atomic E-state index is 0.202. The Balaban J connectivity index is 2.75. The zero-order valence-corrected chi connectivity index (χ0v) is 13.7. The normalized spacial score (nSPS) is 12.2. The molecule has 0 aliphatic carbocycles. The maximum Gasteiger partial charge on any atom is 0.114 e. The molecular formula is C19H26O2. The predicted molar refractivity (Wildman–Crippen MR) is 89.5 cm³/mol. The van der Waals surface area contributed by atoms with Gasteiger partial charge in [0.15, 0.2) is 0 Å². The maximum absolute atomic E-state index is 9.33. The summed E-state index contributed by atoms with van der Waals surface area (Å²) in [7, 11) is 0. The highest BCUT2D eigenvalue weighted by atomic mass is 16.5. The van der Waals surface area contributed by atoms with Crippen molar-refractivity contribution in [3.8, 4) is 0 Å². The van der Waals surface area contributed by atoms with E-state index in [2.05, 4.69) is 46.4 Å². The molecule has 2 nitrogen and oxygen atoms in total. The molecule has 0 bridgehead atoms. The highest BCUT2D eigenvalue weighted by Crippen LogP contribution is 2.25. The summed E-state index contributed by atoms with van der Waals surface area (Å²) in [4.78, 5) is 0. The highest BCUT2D eigenvalue weighted by Gasteiger charge is 2.09. The van der Waals surface area contributed by atoms with Crippen molar-refractivity contribution in [1.29, 1.82) is 0 Å². The molecule has 1 N–H and O–H groups in total. The maximum atomic E-state index is 9.33. The van der Waals surface area contributed by atoms with E-state index in [-0.39, 0.29) is 5.76 Å². The summed E-state index contributed by atoms with van der Waals surface area (Å²) in [5, 5.41) is 9.33. The Bertz CT molecular complexity index is 563. The van der Waals surface area contributed by atoms with E-state index in [1.54, 1.807) is 25.2 Å². The number of aliphatic hydroxyl groups excluding tert-OH is 1. The molecule has 2 heteroatoms. The van der Waals surface area contributed by atoms with Crippen LogP contribution in [0.25, 0.3) is 0 Å². The van der Waals surface area contributed by atoms with Gasteiger partial charge in [-0.25, -0.2) is 0 Å². The minimum atomic E-state index is 0.202. The quantitative estimate of drug-likeness (QED) is 0.554. The van der Waals surface area contributed by atoms with Gasteiger partial charge >= 0.3 is 0 Å². The van der Waals surface area contributed by atoms with Crippen molar-refractivity contribution < 1.29 is 9.84 Å². The number of hydrogen-bond acceptors (Lipinski definition) is 2. The largest absolute Gasteiger partial charge is 0.508 e. The molecule has 0 spiro atoms. The molecule has 0 saturated heterocycles. The van der Waals surface area contributed by atoms with E-state index in [0.29, 0.717) is 18.3 Å². The van der Waals surface area contributed by atoms with E-state index in [9.17, 15) is 5.11 Å². The van der Waals surface area contributed by atoms with Gasteiger partial charge in [0.1, 0.15) is 18.1 Å². The van der Waals surface area contributed by atoms with Crippen molar-refractivity contribution in [3.63, 3.8) is 0 Å². The van der Waals surface area contributed by atoms with Crippen LogP contribution in [0.1, 0.15) is 48.9 Å². The Labute approximate surface area is 128 Å². The third-order valence-corrected chi connectivity index (χ3v) is 3.71. The van der Waals surface area contributed by atoms with Crippen LogP contribution in [0.4, 0.5) is 0 Å². The molecule has 0 heterocycles. The first-order valence-corrected chi connectivity index (χ1v) is 7.30. The lowest BCUT2D eigenvalue weighted by Crippen LogP contribution is -2.01. The molecule has 1 aromatic rings. The van der Waals surface area contributed by atoms with Gasteiger partial charge in [0, 0.05) is 0 Å². The van der Waals surface area contributed by atoms with Gasteiger partial charge in [-0.15, -0.1) is 0 Å². The van der Waals surface area contributed by atoms with Crippen molar-refractivity contribution in [3.05, 3.63) is 70.7 Å². The summed E-state index contributed by atoms with van der Waals surface area (Å²) in [5.74, 6) is 1.27. The molecule has 1 aromatic carbocycles. The summed E-state index contributed by atoms with van der Waals surface area (Å²) in [6.45, 7) is 14.8. The van der Waals surface area contributed by atoms with Gasteiger partial charge in [-0.3, -0.25) is 0 Å². The number of allylic oxidation sites excluding steroid dienone is 3. The van der Waals surface area contributed by atoms with E-state index < -0.39 is 0 Å². The molecule has 0 fully saturated rings. The van der Waals surface area contributed by atoms with Crippen LogP contribution in [0, 0.1) is 13.8 Å². The summed E-state index contributed by atoms with van der Waals surface area (Å²) in [6.07, 6.45) is 4.85. The second-order valence-electron chi connectivity index (χ2n) is 5.52. The molecule has 0 aromatic heterocycles. The fraction of sp³-hybridized carbons (Fsp3) is 0.368. The lowest BCUT2D eigenvalue weighted by atomic mass is 9.92. The van der Waals surface area contributed by atoms with Gasteiger partial charge in [0.25, 0.3) is 0 Å². The molecule has 0 saturated carbocycles. The second-order valence-corrected chi connectivity index (χ2v) is 5.52. The van der Waals surface area contributed by atoms with Crippen LogP contribution < -0.4 is 0 Å². The fourth-order valence-electron chi connectivity index (χ4n) is 2.17. The molecule has 0 aliphatic rings. The minimum Gasteiger partial charge on any atom is -0.508 e. The summed E-state index contributed by atoms with van der Waals surface area (Å²) in [5.41, 5.74) is 5.16. The summed E-state index contributed by atoms with van der Waals surface area (Å²) >= 11 is 0. The lowest BCUT2D eigenvalue weighted by molar-refractivity contribution is 0.212. The standard InChI is InChI=1S/C19H26O2/c1-7-18(20)10-8-14(4)21-12-17-9-11-19(13(2)3)16(6)15(17)5/h7-11,13,20H,4,12H2,1-3,5-6H3/b10-8-,18-7+. The van der Waals surface area contributed by atoms with Crippen LogP contribution in [0.2, 0.25) is 0 Å². The third-order valence-electron chi connectivity index (χ3n) is 3.71. The first-order chi connectivity index (χ1) is 9.86. The monoisotopic (exact) mass is 286 g/mol. The van der Waals surface area contributed by atoms with Crippen molar-refractivity contribution >= 4 is 0 Å². The topological polar surface area (TPSA) is 29.5 Å². The van der Waals surface area contributed by atoms with Gasteiger partial charge in [-0.1, -0.05) is 32.6 Å². The van der Waals surface area contributed by atoms with Crippen LogP contribution in [0.5, 0.6) is 0 Å². The zero-order valence-electron chi connectivity index (χ0n) is 13.7. The van der Waals surface area contributed by atoms with E-state index >= 15 is 0 Å². The first-order valence-electron chi connectivity index (χ1n) is 7.30. The highest BCUT2D eigenvalue weighted by molar-refractivity contribution is 5.40. The van der Waals surface area contributed by atoms with E-state index in [4.69, 9.17) is 4.74 Å². The molecule has 114 valence electrons. The smallest absolute Gasteiger partial charge is 0.114 e. The number of ether oxygens (including phenoxy) is 1. The third kappa shape index (κ3) is 4.82. The predicted octanol–water partition coefficient (Wildman–Crippen LogP) is 5.48. The van der Waals surface area contributed by atoms with Crippen LogP contribution in [0.3, 0.4) is 0 Å². The molecule has 0 aliphatic heterocycles. The number of hydrogen-bond donors (Lipinski definition) is 1. The molecule has 21 heavy (non-hydrogen) atoms. The van der Waals surface area contributed by atoms with E-state index in [0.717, 1.165) is 0 Å². The number of rotatable bonds is 6. The van der Waals surface area contributed by atoms with Gasteiger partial charge < -0.3 is 9.84 Å². The van der Waals surface area contributed by atoms with Crippen molar-refractivity contribution in [2.75, 3.05) is 0 Å². The van der Waals surface area contributed by atoms with Crippen LogP contribution in [-0.2, 0) is 11.3 Å². The lowest BCUT2D eigenvalue weighted by Gasteiger charge is -2.16. The Morgan fingerprint density at radius 3 is 2.48 bits per heavy atom. The van der Waals surface area contributed by atoms with Crippen LogP contribution >= 0.6 is 0 Å². The van der Waals surface area contributed by atoms with E-state index in [1.807, 2.05) is 0 Å². The summed E-state index contributed by atoms with van der Waals surface area (Å²) < 4.78 is 5.64. The van der Waals surface area contributed by atoms with Gasteiger partial charge in [-0.2, -0.15) is 0 Å². The Morgan fingerprint density at radius 2 is 1.90 bits per heavy atom. The Morgan fingerprint density at radius 1 is 1.24 bits per heavy atom. The van der Waals surface area contributed by atoms with E-state index in [1.165, 1.54) is 22.3 Å². The number of aliphatic hydroxyl groups is 1. The molecule has 0 atom stereocenters. The first kappa shape index (κ1) is 17.1. The molecule has 0 amide bonds. The second kappa shape index (κ2) is 7.72. The Hall–Kier alpha value is -1.96. The summed E-state index contributed by atoms with van der Waals surface area (Å²) in [6, 6.07) is 4.30. The van der Waals surface area contributed by atoms with Crippen molar-refractivity contribution in [2.24, 2.45) is 0 Å². The molecular weight excluding hydrogens is 260 g/mol. The average Bonchev–Trinajstić information content (AvgIpc) is 2.45. The van der Waals surface area contributed by atoms with Gasteiger partial charge in [0.2, 0.25) is 0 Å². The SMILES string of the molecule is C=C(/C=C\C(O)=C/C)OCc1ccc(C(C)C)c(C)c1C. The Kier molecular flexibility index (Phi) is 6.29. The van der Waals surface area contributed by atoms with Crippen LogP contribution in [0.15, 0.2) is 48.5 Å².